The molecule has 3 saturated carbocycles. The van der Waals surface area contributed by atoms with Crippen molar-refractivity contribution in [1.82, 2.24) is 0 Å². The van der Waals surface area contributed by atoms with Crippen molar-refractivity contribution in [2.45, 2.75) is 58.3 Å². The van der Waals surface area contributed by atoms with Crippen LogP contribution in [0.4, 0.5) is 0 Å². The fourth-order valence-electron chi connectivity index (χ4n) is 5.60. The summed E-state index contributed by atoms with van der Waals surface area (Å²) >= 11 is 0. The largest absolute Gasteiger partial charge is 0.102 e. The molecule has 3 rings (SSSR count). The number of hydrogen-bond donors (Lipinski definition) is 0. The van der Waals surface area contributed by atoms with E-state index in [1.165, 1.54) is 56.9 Å². The molecule has 0 unspecified atom stereocenters. The molecule has 0 nitrogen and oxygen atoms in total. The monoisotopic (exact) mass is 244 g/mol. The molecule has 0 aromatic rings. The normalized spacial score (nSPS) is 48.2. The average Bonchev–Trinajstić information content (AvgIpc) is 2.37. The van der Waals surface area contributed by atoms with Crippen molar-refractivity contribution < 1.29 is 0 Å². The van der Waals surface area contributed by atoms with Crippen LogP contribution in [0.15, 0.2) is 24.8 Å². The summed E-state index contributed by atoms with van der Waals surface area (Å²) in [5.41, 5.74) is 2.10. The smallest absolute Gasteiger partial charge is 0.000250 e. The van der Waals surface area contributed by atoms with Crippen LogP contribution in [0.25, 0.3) is 0 Å². The molecule has 18 heavy (non-hydrogen) atoms. The highest BCUT2D eigenvalue weighted by molar-refractivity contribution is 5.17. The van der Waals surface area contributed by atoms with E-state index in [1.54, 1.807) is 0 Å². The molecule has 0 heteroatoms. The average molecular weight is 244 g/mol. The fraction of sp³-hybridized carbons (Fsp3) is 0.778. The van der Waals surface area contributed by atoms with Gasteiger partial charge in [0, 0.05) is 5.92 Å². The summed E-state index contributed by atoms with van der Waals surface area (Å²) in [6.45, 7) is 11.0. The zero-order valence-electron chi connectivity index (χ0n) is 12.0. The van der Waals surface area contributed by atoms with Gasteiger partial charge in [-0.05, 0) is 61.7 Å². The Kier molecular flexibility index (Phi) is 3.16. The van der Waals surface area contributed by atoms with E-state index in [0.717, 1.165) is 17.8 Å². The molecule has 0 aromatic carbocycles. The van der Waals surface area contributed by atoms with Gasteiger partial charge >= 0.3 is 0 Å². The number of hydrogen-bond acceptors (Lipinski definition) is 0. The molecule has 0 amide bonds. The first-order chi connectivity index (χ1) is 8.66. The SMILES string of the molecule is C=C[C@@H]1C(=C)CC[C@H]2[C@H]1CC[C@H]1CCCC[C@@]12C. The van der Waals surface area contributed by atoms with Crippen molar-refractivity contribution in [3.05, 3.63) is 24.8 Å². The van der Waals surface area contributed by atoms with Crippen LogP contribution in [-0.4, -0.2) is 0 Å². The Balaban J connectivity index is 1.89. The predicted octanol–water partition coefficient (Wildman–Crippen LogP) is 5.36. The Morgan fingerprint density at radius 3 is 2.78 bits per heavy atom. The maximum atomic E-state index is 4.31. The van der Waals surface area contributed by atoms with Gasteiger partial charge in [0.05, 0.1) is 0 Å². The van der Waals surface area contributed by atoms with Crippen LogP contribution in [0.2, 0.25) is 0 Å². The Hall–Kier alpha value is -0.520. The van der Waals surface area contributed by atoms with Crippen molar-refractivity contribution in [3.63, 3.8) is 0 Å². The lowest BCUT2D eigenvalue weighted by molar-refractivity contribution is -0.0559. The quantitative estimate of drug-likeness (QED) is 0.545. The minimum absolute atomic E-state index is 0.614. The first kappa shape index (κ1) is 12.5. The van der Waals surface area contributed by atoms with Gasteiger partial charge in [-0.15, -0.1) is 6.58 Å². The Morgan fingerprint density at radius 1 is 1.17 bits per heavy atom. The second-order valence-electron chi connectivity index (χ2n) is 7.25. The lowest BCUT2D eigenvalue weighted by Crippen LogP contribution is -2.48. The van der Waals surface area contributed by atoms with E-state index in [2.05, 4.69) is 26.2 Å². The van der Waals surface area contributed by atoms with Gasteiger partial charge in [0.15, 0.2) is 0 Å². The topological polar surface area (TPSA) is 0 Å². The van der Waals surface area contributed by atoms with Gasteiger partial charge < -0.3 is 0 Å². The zero-order valence-corrected chi connectivity index (χ0v) is 12.0. The van der Waals surface area contributed by atoms with Crippen molar-refractivity contribution in [2.75, 3.05) is 0 Å². The van der Waals surface area contributed by atoms with Crippen LogP contribution in [0.1, 0.15) is 58.3 Å². The molecule has 0 heterocycles. The van der Waals surface area contributed by atoms with Crippen LogP contribution >= 0.6 is 0 Å². The van der Waals surface area contributed by atoms with E-state index in [4.69, 9.17) is 0 Å². The Morgan fingerprint density at radius 2 is 2.00 bits per heavy atom. The summed E-state index contributed by atoms with van der Waals surface area (Å²) < 4.78 is 0. The predicted molar refractivity (Wildman–Crippen MR) is 78.3 cm³/mol. The van der Waals surface area contributed by atoms with E-state index in [1.807, 2.05) is 0 Å². The molecule has 3 aliphatic carbocycles. The summed E-state index contributed by atoms with van der Waals surface area (Å²) in [6, 6.07) is 0. The van der Waals surface area contributed by atoms with Crippen molar-refractivity contribution in [1.29, 1.82) is 0 Å². The van der Waals surface area contributed by atoms with E-state index < -0.39 is 0 Å². The fourth-order valence-corrected chi connectivity index (χ4v) is 5.60. The van der Waals surface area contributed by atoms with Gasteiger partial charge in [0.25, 0.3) is 0 Å². The summed E-state index contributed by atoms with van der Waals surface area (Å²) in [5.74, 6) is 3.45. The second-order valence-corrected chi connectivity index (χ2v) is 7.25. The molecule has 0 aliphatic heterocycles. The van der Waals surface area contributed by atoms with Crippen LogP contribution in [0.3, 0.4) is 0 Å². The van der Waals surface area contributed by atoms with Crippen molar-refractivity contribution in [3.8, 4) is 0 Å². The van der Waals surface area contributed by atoms with Gasteiger partial charge in [0.2, 0.25) is 0 Å². The Labute approximate surface area is 113 Å². The van der Waals surface area contributed by atoms with E-state index in [-0.39, 0.29) is 0 Å². The van der Waals surface area contributed by atoms with Crippen LogP contribution < -0.4 is 0 Å². The minimum Gasteiger partial charge on any atom is -0.102 e. The molecular formula is C18H28. The van der Waals surface area contributed by atoms with Gasteiger partial charge in [-0.1, -0.05) is 38.0 Å². The lowest BCUT2D eigenvalue weighted by atomic mass is 9.48. The third kappa shape index (κ3) is 1.72. The van der Waals surface area contributed by atoms with Crippen LogP contribution in [0.5, 0.6) is 0 Å². The molecule has 0 radical (unpaired) electrons. The molecule has 3 aliphatic rings. The number of fused-ring (bicyclic) bond motifs is 3. The number of rotatable bonds is 1. The minimum atomic E-state index is 0.614. The second kappa shape index (κ2) is 4.54. The number of allylic oxidation sites excluding steroid dienone is 2. The third-order valence-electron chi connectivity index (χ3n) is 6.63. The molecule has 0 spiro atoms. The standard InChI is InChI=1S/C18H28/c1-4-15-13(2)8-11-17-16(15)10-9-14-7-5-6-12-18(14,17)3/h4,14-17H,1-2,5-12H2,3H3/t14-,15-,16+,17+,18+/m1/s1. The van der Waals surface area contributed by atoms with Crippen molar-refractivity contribution >= 4 is 0 Å². The molecule has 0 N–H and O–H groups in total. The van der Waals surface area contributed by atoms with Gasteiger partial charge in [-0.2, -0.15) is 0 Å². The first-order valence-electron chi connectivity index (χ1n) is 7.97. The molecule has 0 bridgehead atoms. The van der Waals surface area contributed by atoms with Crippen LogP contribution in [-0.2, 0) is 0 Å². The first-order valence-corrected chi connectivity index (χ1v) is 7.97. The lowest BCUT2D eigenvalue weighted by Gasteiger charge is -2.57. The maximum Gasteiger partial charge on any atom is 0.000250 e. The molecule has 100 valence electrons. The van der Waals surface area contributed by atoms with E-state index in [9.17, 15) is 0 Å². The van der Waals surface area contributed by atoms with Gasteiger partial charge in [0.1, 0.15) is 0 Å². The summed E-state index contributed by atoms with van der Waals surface area (Å²) in [6.07, 6.45) is 13.7. The van der Waals surface area contributed by atoms with E-state index in [0.29, 0.717) is 11.3 Å². The summed E-state index contributed by atoms with van der Waals surface area (Å²) in [7, 11) is 0. The zero-order chi connectivity index (χ0) is 12.8. The third-order valence-corrected chi connectivity index (χ3v) is 6.63. The van der Waals surface area contributed by atoms with Crippen LogP contribution in [0, 0.1) is 29.1 Å². The Bertz CT molecular complexity index is 353. The molecular weight excluding hydrogens is 216 g/mol. The molecule has 3 fully saturated rings. The van der Waals surface area contributed by atoms with Crippen molar-refractivity contribution in [2.24, 2.45) is 29.1 Å². The summed E-state index contributed by atoms with van der Waals surface area (Å²) in [4.78, 5) is 0. The molecule has 5 atom stereocenters. The highest BCUT2D eigenvalue weighted by Crippen LogP contribution is 2.60. The maximum absolute atomic E-state index is 4.31. The van der Waals surface area contributed by atoms with Gasteiger partial charge in [-0.25, -0.2) is 0 Å². The molecule has 0 saturated heterocycles. The van der Waals surface area contributed by atoms with Gasteiger partial charge in [-0.3, -0.25) is 0 Å². The highest BCUT2D eigenvalue weighted by atomic mass is 14.6. The summed E-state index contributed by atoms with van der Waals surface area (Å²) in [5, 5.41) is 0. The molecule has 0 aromatic heterocycles. The highest BCUT2D eigenvalue weighted by Gasteiger charge is 2.51. The van der Waals surface area contributed by atoms with E-state index >= 15 is 0 Å².